The van der Waals surface area contributed by atoms with Crippen molar-refractivity contribution in [1.82, 2.24) is 9.21 Å². The number of nitrogens with zero attached hydrogens (tertiary/aromatic N) is 2. The molecule has 0 unspecified atom stereocenters. The van der Waals surface area contributed by atoms with E-state index in [0.717, 1.165) is 37.8 Å². The van der Waals surface area contributed by atoms with Crippen molar-refractivity contribution >= 4 is 21.9 Å². The van der Waals surface area contributed by atoms with Crippen LogP contribution in [0.3, 0.4) is 0 Å². The second kappa shape index (κ2) is 7.68. The van der Waals surface area contributed by atoms with Gasteiger partial charge in [-0.1, -0.05) is 0 Å². The first kappa shape index (κ1) is 20.3. The number of amides is 1. The summed E-state index contributed by atoms with van der Waals surface area (Å²) in [6.07, 6.45) is 3.53. The number of sulfonamides is 1. The van der Waals surface area contributed by atoms with E-state index in [1.165, 1.54) is 16.4 Å². The first-order valence-electron chi connectivity index (χ1n) is 10.1. The van der Waals surface area contributed by atoms with Crippen molar-refractivity contribution in [1.29, 1.82) is 0 Å². The SMILES string of the molecule is O=C(O)[C@H]1C2CCC(CC2)[C@@H]1C(=O)N1CCN(S(=O)(=O)c2ccc(F)cc2)CC1. The van der Waals surface area contributed by atoms with Crippen LogP contribution >= 0.6 is 0 Å². The van der Waals surface area contributed by atoms with Gasteiger partial charge in [0.15, 0.2) is 0 Å². The topological polar surface area (TPSA) is 95.0 Å². The molecule has 158 valence electrons. The molecule has 1 heterocycles. The average molecular weight is 424 g/mol. The third kappa shape index (κ3) is 3.66. The van der Waals surface area contributed by atoms with Crippen LogP contribution in [-0.4, -0.2) is 60.8 Å². The Hall–Kier alpha value is -2.00. The van der Waals surface area contributed by atoms with E-state index in [9.17, 15) is 27.5 Å². The predicted octanol–water partition coefficient (Wildman–Crippen LogP) is 1.80. The Bertz CT molecular complexity index is 888. The summed E-state index contributed by atoms with van der Waals surface area (Å²) in [5, 5.41) is 9.69. The molecule has 0 aromatic heterocycles. The van der Waals surface area contributed by atoms with Crippen molar-refractivity contribution in [3.05, 3.63) is 30.1 Å². The highest BCUT2D eigenvalue weighted by molar-refractivity contribution is 7.89. The quantitative estimate of drug-likeness (QED) is 0.795. The maximum Gasteiger partial charge on any atom is 0.307 e. The molecule has 3 aliphatic carbocycles. The van der Waals surface area contributed by atoms with E-state index in [1.54, 1.807) is 4.90 Å². The maximum absolute atomic E-state index is 13.2. The summed E-state index contributed by atoms with van der Waals surface area (Å²) in [5.74, 6) is -2.51. The fraction of sp³-hybridized carbons (Fsp3) is 0.600. The summed E-state index contributed by atoms with van der Waals surface area (Å²) in [4.78, 5) is 26.6. The molecule has 0 radical (unpaired) electrons. The smallest absolute Gasteiger partial charge is 0.307 e. The third-order valence-electron chi connectivity index (χ3n) is 6.79. The van der Waals surface area contributed by atoms with E-state index < -0.39 is 33.6 Å². The van der Waals surface area contributed by atoms with Crippen LogP contribution in [0.2, 0.25) is 0 Å². The number of carbonyl (C=O) groups is 2. The van der Waals surface area contributed by atoms with Gasteiger partial charge in [-0.05, 0) is 61.8 Å². The van der Waals surface area contributed by atoms with Crippen molar-refractivity contribution in [2.75, 3.05) is 26.2 Å². The lowest BCUT2D eigenvalue weighted by atomic mass is 9.58. The average Bonchev–Trinajstić information content (AvgIpc) is 2.73. The lowest BCUT2D eigenvalue weighted by molar-refractivity contribution is -0.162. The molecule has 1 N–H and O–H groups in total. The van der Waals surface area contributed by atoms with Gasteiger partial charge in [0.05, 0.1) is 16.7 Å². The van der Waals surface area contributed by atoms with Gasteiger partial charge in [-0.25, -0.2) is 12.8 Å². The Labute approximate surface area is 169 Å². The molecule has 9 heteroatoms. The van der Waals surface area contributed by atoms with Crippen LogP contribution in [0.4, 0.5) is 4.39 Å². The standard InChI is InChI=1S/C20H25FN2O5S/c21-15-5-7-16(8-6-15)29(27,28)23-11-9-22(10-12-23)19(24)17-13-1-3-14(4-2-13)18(17)20(25)26/h5-8,13-14,17-18H,1-4,9-12H2,(H,25,26)/t13?,14?,17-,18-/m0/s1. The van der Waals surface area contributed by atoms with Crippen LogP contribution in [0.1, 0.15) is 25.7 Å². The predicted molar refractivity (Wildman–Crippen MR) is 102 cm³/mol. The van der Waals surface area contributed by atoms with Crippen LogP contribution in [-0.2, 0) is 19.6 Å². The zero-order valence-electron chi connectivity index (χ0n) is 16.0. The number of hydrogen-bond acceptors (Lipinski definition) is 4. The molecule has 7 nitrogen and oxygen atoms in total. The van der Waals surface area contributed by atoms with Gasteiger partial charge < -0.3 is 10.0 Å². The molecule has 0 spiro atoms. The van der Waals surface area contributed by atoms with Gasteiger partial charge in [0.2, 0.25) is 15.9 Å². The normalized spacial score (nSPS) is 30.3. The second-order valence-electron chi connectivity index (χ2n) is 8.25. The van der Waals surface area contributed by atoms with Crippen molar-refractivity contribution in [3.63, 3.8) is 0 Å². The van der Waals surface area contributed by atoms with Crippen LogP contribution in [0, 0.1) is 29.5 Å². The number of halogens is 1. The number of carboxylic acid groups (broad SMARTS) is 1. The molecular formula is C20H25FN2O5S. The molecule has 1 aromatic rings. The summed E-state index contributed by atoms with van der Waals surface area (Å²) < 4.78 is 39.9. The molecule has 2 bridgehead atoms. The van der Waals surface area contributed by atoms with Gasteiger partial charge in [0.1, 0.15) is 5.82 Å². The lowest BCUT2D eigenvalue weighted by Gasteiger charge is -2.48. The molecule has 4 aliphatic rings. The number of benzene rings is 1. The lowest BCUT2D eigenvalue weighted by Crippen LogP contribution is -2.56. The molecule has 2 atom stereocenters. The minimum atomic E-state index is -3.75. The van der Waals surface area contributed by atoms with Gasteiger partial charge in [-0.2, -0.15) is 4.31 Å². The third-order valence-corrected chi connectivity index (χ3v) is 8.70. The maximum atomic E-state index is 13.2. The van der Waals surface area contributed by atoms with E-state index in [4.69, 9.17) is 0 Å². The fourth-order valence-corrected chi connectivity index (χ4v) is 6.70. The largest absolute Gasteiger partial charge is 0.481 e. The van der Waals surface area contributed by atoms with Gasteiger partial charge >= 0.3 is 5.97 Å². The van der Waals surface area contributed by atoms with E-state index in [0.29, 0.717) is 0 Å². The van der Waals surface area contributed by atoms with Gasteiger partial charge in [0.25, 0.3) is 0 Å². The van der Waals surface area contributed by atoms with Crippen molar-refractivity contribution in [2.24, 2.45) is 23.7 Å². The zero-order valence-corrected chi connectivity index (χ0v) is 16.9. The molecule has 4 fully saturated rings. The fourth-order valence-electron chi connectivity index (χ4n) is 5.28. The molecule has 5 rings (SSSR count). The Balaban J connectivity index is 1.45. The first-order chi connectivity index (χ1) is 13.8. The van der Waals surface area contributed by atoms with E-state index in [-0.39, 0.29) is 48.8 Å². The van der Waals surface area contributed by atoms with E-state index in [1.807, 2.05) is 0 Å². The van der Waals surface area contributed by atoms with Gasteiger partial charge in [-0.15, -0.1) is 0 Å². The summed E-state index contributed by atoms with van der Waals surface area (Å²) in [5.41, 5.74) is 0. The minimum absolute atomic E-state index is 0.0224. The number of rotatable bonds is 4. The number of carboxylic acids is 1. The Morgan fingerprint density at radius 1 is 0.897 bits per heavy atom. The molecule has 1 saturated heterocycles. The van der Waals surface area contributed by atoms with Crippen LogP contribution < -0.4 is 0 Å². The summed E-state index contributed by atoms with van der Waals surface area (Å²) in [6, 6.07) is 4.68. The number of piperazine rings is 1. The van der Waals surface area contributed by atoms with Crippen molar-refractivity contribution in [2.45, 2.75) is 30.6 Å². The van der Waals surface area contributed by atoms with Crippen molar-refractivity contribution < 1.29 is 27.5 Å². The Morgan fingerprint density at radius 3 is 1.93 bits per heavy atom. The molecular weight excluding hydrogens is 399 g/mol. The summed E-state index contributed by atoms with van der Waals surface area (Å²) in [7, 11) is -3.75. The van der Waals surface area contributed by atoms with Crippen LogP contribution in [0.5, 0.6) is 0 Å². The second-order valence-corrected chi connectivity index (χ2v) is 10.2. The first-order valence-corrected chi connectivity index (χ1v) is 11.5. The number of carbonyl (C=O) groups excluding carboxylic acids is 1. The summed E-state index contributed by atoms with van der Waals surface area (Å²) in [6.45, 7) is 0.757. The van der Waals surface area contributed by atoms with E-state index >= 15 is 0 Å². The molecule has 1 aromatic carbocycles. The number of aliphatic carboxylic acids is 1. The minimum Gasteiger partial charge on any atom is -0.481 e. The highest BCUT2D eigenvalue weighted by Gasteiger charge is 2.51. The van der Waals surface area contributed by atoms with Crippen LogP contribution in [0.15, 0.2) is 29.2 Å². The highest BCUT2D eigenvalue weighted by Crippen LogP contribution is 2.49. The molecule has 1 aliphatic heterocycles. The van der Waals surface area contributed by atoms with E-state index in [2.05, 4.69) is 0 Å². The monoisotopic (exact) mass is 424 g/mol. The molecule has 3 saturated carbocycles. The number of fused-ring (bicyclic) bond motifs is 3. The van der Waals surface area contributed by atoms with Crippen LogP contribution in [0.25, 0.3) is 0 Å². The molecule has 29 heavy (non-hydrogen) atoms. The highest BCUT2D eigenvalue weighted by atomic mass is 32.2. The van der Waals surface area contributed by atoms with Crippen molar-refractivity contribution in [3.8, 4) is 0 Å². The summed E-state index contributed by atoms with van der Waals surface area (Å²) >= 11 is 0. The van der Waals surface area contributed by atoms with Gasteiger partial charge in [-0.3, -0.25) is 9.59 Å². The van der Waals surface area contributed by atoms with Gasteiger partial charge in [0, 0.05) is 26.2 Å². The Morgan fingerprint density at radius 2 is 1.41 bits per heavy atom. The molecule has 1 amide bonds. The number of hydrogen-bond donors (Lipinski definition) is 1. The zero-order chi connectivity index (χ0) is 20.8. The Kier molecular flexibility index (Phi) is 5.37.